The van der Waals surface area contributed by atoms with Gasteiger partial charge in [0.1, 0.15) is 0 Å². The van der Waals surface area contributed by atoms with Crippen LogP contribution in [0.2, 0.25) is 0 Å². The number of nitrogens with two attached hydrogens (primary N) is 1. The summed E-state index contributed by atoms with van der Waals surface area (Å²) in [6.45, 7) is 1.79. The van der Waals surface area contributed by atoms with Gasteiger partial charge in [0.25, 0.3) is 0 Å². The summed E-state index contributed by atoms with van der Waals surface area (Å²) in [4.78, 5) is 0. The molecule has 0 bridgehead atoms. The van der Waals surface area contributed by atoms with E-state index in [9.17, 15) is 5.11 Å². The molecule has 3 N–H and O–H groups in total. The minimum atomic E-state index is -0.568. The topological polar surface area (TPSA) is 64.7 Å². The molecule has 4 heteroatoms. The molecule has 1 saturated heterocycles. The van der Waals surface area contributed by atoms with Crippen LogP contribution in [0.3, 0.4) is 0 Å². The van der Waals surface area contributed by atoms with Crippen LogP contribution in [-0.4, -0.2) is 36.8 Å². The van der Waals surface area contributed by atoms with E-state index in [-0.39, 0.29) is 18.4 Å². The van der Waals surface area contributed by atoms with Crippen molar-refractivity contribution in [2.45, 2.75) is 37.9 Å². The SMILES string of the molecule is CO[C@H]1C[C@@H](N)[C@@H](O)[C@@H](C)O1. The number of hydrogen-bond donors (Lipinski definition) is 2. The van der Waals surface area contributed by atoms with E-state index in [4.69, 9.17) is 15.2 Å². The highest BCUT2D eigenvalue weighted by molar-refractivity contribution is 4.82. The molecular formula is C7H15NO3. The number of rotatable bonds is 1. The van der Waals surface area contributed by atoms with Gasteiger partial charge in [-0.05, 0) is 6.92 Å². The first-order chi connectivity index (χ1) is 5.15. The number of hydrogen-bond acceptors (Lipinski definition) is 4. The zero-order chi connectivity index (χ0) is 8.43. The van der Waals surface area contributed by atoms with E-state index in [1.54, 1.807) is 14.0 Å². The Morgan fingerprint density at radius 3 is 2.73 bits per heavy atom. The first kappa shape index (κ1) is 8.93. The minimum absolute atomic E-state index is 0.233. The maximum Gasteiger partial charge on any atom is 0.159 e. The van der Waals surface area contributed by atoms with Crippen LogP contribution in [0.5, 0.6) is 0 Å². The van der Waals surface area contributed by atoms with E-state index in [1.807, 2.05) is 0 Å². The Kier molecular flexibility index (Phi) is 2.84. The smallest absolute Gasteiger partial charge is 0.159 e. The fourth-order valence-electron chi connectivity index (χ4n) is 1.24. The molecule has 1 aliphatic heterocycles. The summed E-state index contributed by atoms with van der Waals surface area (Å²) < 4.78 is 10.2. The van der Waals surface area contributed by atoms with Gasteiger partial charge in [-0.25, -0.2) is 0 Å². The van der Waals surface area contributed by atoms with Gasteiger partial charge in [-0.3, -0.25) is 0 Å². The van der Waals surface area contributed by atoms with Crippen LogP contribution in [0.25, 0.3) is 0 Å². The Bertz CT molecular complexity index is 119. The Hall–Kier alpha value is -0.160. The van der Waals surface area contributed by atoms with Gasteiger partial charge in [-0.2, -0.15) is 0 Å². The van der Waals surface area contributed by atoms with Crippen LogP contribution < -0.4 is 5.73 Å². The summed E-state index contributed by atoms with van der Waals surface area (Å²) in [7, 11) is 1.57. The Morgan fingerprint density at radius 1 is 1.64 bits per heavy atom. The molecule has 1 rings (SSSR count). The molecule has 1 fully saturated rings. The Labute approximate surface area is 66.3 Å². The van der Waals surface area contributed by atoms with Crippen LogP contribution in [0.1, 0.15) is 13.3 Å². The van der Waals surface area contributed by atoms with Gasteiger partial charge < -0.3 is 20.3 Å². The van der Waals surface area contributed by atoms with E-state index in [0.717, 1.165) is 0 Å². The lowest BCUT2D eigenvalue weighted by Crippen LogP contribution is -2.51. The van der Waals surface area contributed by atoms with Crippen molar-refractivity contribution in [3.8, 4) is 0 Å². The number of aliphatic hydroxyl groups is 1. The fourth-order valence-corrected chi connectivity index (χ4v) is 1.24. The molecule has 4 atom stereocenters. The second kappa shape index (κ2) is 3.49. The first-order valence-corrected chi connectivity index (χ1v) is 3.77. The number of ether oxygens (including phenoxy) is 2. The number of methoxy groups -OCH3 is 1. The van der Waals surface area contributed by atoms with Crippen LogP contribution >= 0.6 is 0 Å². The standard InChI is InChI=1S/C7H15NO3/c1-4-7(9)5(8)3-6(10-2)11-4/h4-7,9H,3,8H2,1-2H3/t4-,5-,6-,7+/m1/s1. The molecule has 0 spiro atoms. The highest BCUT2D eigenvalue weighted by Crippen LogP contribution is 2.18. The maximum atomic E-state index is 9.35. The van der Waals surface area contributed by atoms with Crippen molar-refractivity contribution in [2.75, 3.05) is 7.11 Å². The molecule has 0 aliphatic carbocycles. The highest BCUT2D eigenvalue weighted by atomic mass is 16.7. The molecule has 11 heavy (non-hydrogen) atoms. The third-order valence-corrected chi connectivity index (χ3v) is 2.01. The largest absolute Gasteiger partial charge is 0.389 e. The molecule has 1 aliphatic rings. The fraction of sp³-hybridized carbons (Fsp3) is 1.00. The first-order valence-electron chi connectivity index (χ1n) is 3.77. The van der Waals surface area contributed by atoms with Gasteiger partial charge in [0.2, 0.25) is 0 Å². The molecule has 0 radical (unpaired) electrons. The molecule has 0 aromatic carbocycles. The van der Waals surface area contributed by atoms with Crippen molar-refractivity contribution in [3.63, 3.8) is 0 Å². The van der Waals surface area contributed by atoms with Crippen molar-refractivity contribution < 1.29 is 14.6 Å². The van der Waals surface area contributed by atoms with Gasteiger partial charge in [-0.15, -0.1) is 0 Å². The molecular weight excluding hydrogens is 146 g/mol. The van der Waals surface area contributed by atoms with Crippen LogP contribution in [0.15, 0.2) is 0 Å². The van der Waals surface area contributed by atoms with Crippen molar-refractivity contribution in [1.29, 1.82) is 0 Å². The van der Waals surface area contributed by atoms with Gasteiger partial charge in [0.05, 0.1) is 12.2 Å². The molecule has 0 saturated carbocycles. The Balaban J connectivity index is 2.47. The van der Waals surface area contributed by atoms with Crippen molar-refractivity contribution >= 4 is 0 Å². The van der Waals surface area contributed by atoms with Crippen LogP contribution in [-0.2, 0) is 9.47 Å². The number of aliphatic hydroxyl groups excluding tert-OH is 1. The lowest BCUT2D eigenvalue weighted by atomic mass is 10.0. The average Bonchev–Trinajstić information content (AvgIpc) is 1.99. The highest BCUT2D eigenvalue weighted by Gasteiger charge is 2.32. The molecule has 4 nitrogen and oxygen atoms in total. The zero-order valence-electron chi connectivity index (χ0n) is 6.86. The molecule has 66 valence electrons. The summed E-state index contributed by atoms with van der Waals surface area (Å²) in [5.74, 6) is 0. The lowest BCUT2D eigenvalue weighted by Gasteiger charge is -2.35. The predicted octanol–water partition coefficient (Wildman–Crippen LogP) is -0.544. The van der Waals surface area contributed by atoms with E-state index in [0.29, 0.717) is 6.42 Å². The normalized spacial score (nSPS) is 45.8. The monoisotopic (exact) mass is 161 g/mol. The second-order valence-corrected chi connectivity index (χ2v) is 2.90. The van der Waals surface area contributed by atoms with E-state index >= 15 is 0 Å². The molecule has 1 heterocycles. The Morgan fingerprint density at radius 2 is 2.27 bits per heavy atom. The van der Waals surface area contributed by atoms with Crippen molar-refractivity contribution in [1.82, 2.24) is 0 Å². The van der Waals surface area contributed by atoms with Gasteiger partial charge in [0.15, 0.2) is 6.29 Å². The third-order valence-electron chi connectivity index (χ3n) is 2.01. The lowest BCUT2D eigenvalue weighted by molar-refractivity contribution is -0.211. The molecule has 0 aromatic rings. The maximum absolute atomic E-state index is 9.35. The summed E-state index contributed by atoms with van der Waals surface area (Å²) in [6.07, 6.45) is -0.504. The molecule has 0 amide bonds. The molecule has 0 unspecified atom stereocenters. The third kappa shape index (κ3) is 1.90. The van der Waals surface area contributed by atoms with E-state index in [1.165, 1.54) is 0 Å². The van der Waals surface area contributed by atoms with Crippen LogP contribution in [0.4, 0.5) is 0 Å². The summed E-state index contributed by atoms with van der Waals surface area (Å²) in [6, 6.07) is -0.233. The van der Waals surface area contributed by atoms with E-state index < -0.39 is 6.10 Å². The summed E-state index contributed by atoms with van der Waals surface area (Å²) in [5.41, 5.74) is 5.62. The minimum Gasteiger partial charge on any atom is -0.389 e. The predicted molar refractivity (Wildman–Crippen MR) is 39.9 cm³/mol. The second-order valence-electron chi connectivity index (χ2n) is 2.90. The van der Waals surface area contributed by atoms with Crippen molar-refractivity contribution in [2.24, 2.45) is 5.73 Å². The van der Waals surface area contributed by atoms with Gasteiger partial charge in [-0.1, -0.05) is 0 Å². The van der Waals surface area contributed by atoms with Crippen molar-refractivity contribution in [3.05, 3.63) is 0 Å². The summed E-state index contributed by atoms with van der Waals surface area (Å²) >= 11 is 0. The van der Waals surface area contributed by atoms with Gasteiger partial charge in [0, 0.05) is 19.6 Å². The zero-order valence-corrected chi connectivity index (χ0v) is 6.86. The van der Waals surface area contributed by atoms with E-state index in [2.05, 4.69) is 0 Å². The summed E-state index contributed by atoms with van der Waals surface area (Å²) in [5, 5.41) is 9.35. The quantitative estimate of drug-likeness (QED) is 0.542. The average molecular weight is 161 g/mol. The molecule has 0 aromatic heterocycles. The van der Waals surface area contributed by atoms with Gasteiger partial charge >= 0.3 is 0 Å². The van der Waals surface area contributed by atoms with Crippen LogP contribution in [0, 0.1) is 0 Å².